The topological polar surface area (TPSA) is 199 Å². The summed E-state index contributed by atoms with van der Waals surface area (Å²) in [5.41, 5.74) is 12.8. The lowest BCUT2D eigenvalue weighted by molar-refractivity contribution is -0.141. The number of carbonyl (C=O) groups excluding carboxylic acids is 2. The van der Waals surface area contributed by atoms with E-state index in [9.17, 15) is 19.5 Å². The van der Waals surface area contributed by atoms with Crippen molar-refractivity contribution in [1.82, 2.24) is 20.9 Å². The number of benzene rings is 1. The molecule has 0 spiro atoms. The van der Waals surface area contributed by atoms with E-state index < -0.39 is 35.9 Å². The van der Waals surface area contributed by atoms with Crippen molar-refractivity contribution in [3.63, 3.8) is 0 Å². The largest absolute Gasteiger partial charge is 0.480 e. The molecule has 0 aliphatic rings. The average molecular weight is 464 g/mol. The van der Waals surface area contributed by atoms with Gasteiger partial charge < -0.3 is 37.5 Å². The number of H-pyrrole nitrogens is 1. The molecule has 10 N–H and O–H groups in total. The highest BCUT2D eigenvalue weighted by atomic mass is 32.1. The quantitative estimate of drug-likeness (QED) is 0.0856. The van der Waals surface area contributed by atoms with Gasteiger partial charge >= 0.3 is 5.97 Å². The van der Waals surface area contributed by atoms with Gasteiger partial charge in [-0.3, -0.25) is 15.0 Å². The summed E-state index contributed by atoms with van der Waals surface area (Å²) in [6, 6.07) is 4.39. The molecule has 174 valence electrons. The van der Waals surface area contributed by atoms with E-state index in [1.807, 2.05) is 24.3 Å². The standard InChI is InChI=1S/C20H29N7O4S/c21-13(5-3-7-24-20(22)23)17(28)26-15(18(29)27-16(10-32)19(30)31)8-11-9-25-14-6-2-1-4-12(11)14/h1-2,4,6,9,13,15-16,25,32H,3,5,7-8,10,21H2,(H,26,28)(H,27,29)(H,30,31)(H4,22,23,24)/t13-,15+,16-/m0/s1. The number of hydrogen-bond acceptors (Lipinski definition) is 6. The summed E-state index contributed by atoms with van der Waals surface area (Å²) in [6.07, 6.45) is 2.69. The minimum atomic E-state index is -1.22. The summed E-state index contributed by atoms with van der Waals surface area (Å²) in [6.45, 7) is 0.387. The van der Waals surface area contributed by atoms with Crippen molar-refractivity contribution in [3.8, 4) is 0 Å². The zero-order valence-corrected chi connectivity index (χ0v) is 18.3. The van der Waals surface area contributed by atoms with Crippen molar-refractivity contribution in [2.75, 3.05) is 12.3 Å². The minimum absolute atomic E-state index is 0.0997. The van der Waals surface area contributed by atoms with E-state index in [-0.39, 0.29) is 18.1 Å². The van der Waals surface area contributed by atoms with Crippen LogP contribution in [0.25, 0.3) is 10.9 Å². The number of guanidine groups is 1. The third-order valence-corrected chi connectivity index (χ3v) is 5.24. The van der Waals surface area contributed by atoms with Gasteiger partial charge in [-0.25, -0.2) is 4.79 Å². The highest BCUT2D eigenvalue weighted by Gasteiger charge is 2.28. The molecule has 3 atom stereocenters. The molecule has 1 aromatic carbocycles. The molecule has 32 heavy (non-hydrogen) atoms. The second kappa shape index (κ2) is 12.0. The van der Waals surface area contributed by atoms with E-state index in [4.69, 9.17) is 16.9 Å². The Kier molecular flexibility index (Phi) is 9.35. The maximum absolute atomic E-state index is 12.9. The lowest BCUT2D eigenvalue weighted by Crippen LogP contribution is -2.55. The maximum atomic E-state index is 12.9. The lowest BCUT2D eigenvalue weighted by atomic mass is 10.0. The predicted molar refractivity (Wildman–Crippen MR) is 124 cm³/mol. The number of hydrogen-bond donors (Lipinski definition) is 9. The molecule has 1 aromatic heterocycles. The van der Waals surface area contributed by atoms with Gasteiger partial charge in [0.2, 0.25) is 11.8 Å². The first-order valence-electron chi connectivity index (χ1n) is 10.1. The van der Waals surface area contributed by atoms with E-state index >= 15 is 0 Å². The summed E-state index contributed by atoms with van der Waals surface area (Å²) in [5, 5.41) is 24.9. The van der Waals surface area contributed by atoms with Gasteiger partial charge in [-0.05, 0) is 24.5 Å². The van der Waals surface area contributed by atoms with Crippen LogP contribution in [-0.4, -0.2) is 64.3 Å². The number of carbonyl (C=O) groups is 3. The van der Waals surface area contributed by atoms with Crippen LogP contribution in [0.15, 0.2) is 30.5 Å². The zero-order chi connectivity index (χ0) is 23.7. The van der Waals surface area contributed by atoms with E-state index in [0.29, 0.717) is 19.4 Å². The number of nitrogens with one attached hydrogen (secondary N) is 5. The van der Waals surface area contributed by atoms with Gasteiger partial charge in [0.25, 0.3) is 0 Å². The van der Waals surface area contributed by atoms with Gasteiger partial charge in [-0.1, -0.05) is 18.2 Å². The Morgan fingerprint density at radius 1 is 1.16 bits per heavy atom. The number of fused-ring (bicyclic) bond motifs is 1. The van der Waals surface area contributed by atoms with Gasteiger partial charge in [0, 0.05) is 35.8 Å². The molecule has 2 rings (SSSR count). The van der Waals surface area contributed by atoms with Gasteiger partial charge in [-0.15, -0.1) is 0 Å². The van der Waals surface area contributed by atoms with Crippen LogP contribution >= 0.6 is 12.6 Å². The Morgan fingerprint density at radius 2 is 1.84 bits per heavy atom. The van der Waals surface area contributed by atoms with E-state index in [2.05, 4.69) is 33.6 Å². The third-order valence-electron chi connectivity index (χ3n) is 4.87. The highest BCUT2D eigenvalue weighted by molar-refractivity contribution is 7.80. The first-order valence-corrected chi connectivity index (χ1v) is 10.7. The van der Waals surface area contributed by atoms with E-state index in [1.165, 1.54) is 0 Å². The Balaban J connectivity index is 2.12. The van der Waals surface area contributed by atoms with Gasteiger partial charge in [-0.2, -0.15) is 12.6 Å². The fourth-order valence-corrected chi connectivity index (χ4v) is 3.39. The van der Waals surface area contributed by atoms with Crippen molar-refractivity contribution in [1.29, 1.82) is 5.41 Å². The van der Waals surface area contributed by atoms with Crippen LogP contribution in [-0.2, 0) is 20.8 Å². The van der Waals surface area contributed by atoms with Crippen molar-refractivity contribution in [3.05, 3.63) is 36.0 Å². The molecule has 12 heteroatoms. The smallest absolute Gasteiger partial charge is 0.327 e. The fourth-order valence-electron chi connectivity index (χ4n) is 3.14. The fraction of sp³-hybridized carbons (Fsp3) is 0.400. The molecule has 11 nitrogen and oxygen atoms in total. The Bertz CT molecular complexity index is 964. The number of carboxylic acid groups (broad SMARTS) is 1. The normalized spacial score (nSPS) is 13.7. The number of nitrogens with two attached hydrogens (primary N) is 2. The lowest BCUT2D eigenvalue weighted by Gasteiger charge is -2.22. The number of aliphatic carboxylic acids is 1. The number of para-hydroxylation sites is 1. The molecule has 2 aromatic rings. The molecule has 2 amide bonds. The number of amides is 2. The first kappa shape index (κ1) is 25.0. The van der Waals surface area contributed by atoms with Crippen LogP contribution in [0.4, 0.5) is 0 Å². The predicted octanol–water partition coefficient (Wildman–Crippen LogP) is -0.715. The molecule has 0 fully saturated rings. The van der Waals surface area contributed by atoms with Gasteiger partial charge in [0.1, 0.15) is 12.1 Å². The maximum Gasteiger partial charge on any atom is 0.327 e. The second-order valence-corrected chi connectivity index (χ2v) is 7.66. The molecule has 0 radical (unpaired) electrons. The first-order chi connectivity index (χ1) is 15.2. The molecule has 0 aliphatic carbocycles. The summed E-state index contributed by atoms with van der Waals surface area (Å²) < 4.78 is 0. The van der Waals surface area contributed by atoms with Gasteiger partial charge in [0.05, 0.1) is 6.04 Å². The molecule has 1 heterocycles. The van der Waals surface area contributed by atoms with Crippen LogP contribution in [0.1, 0.15) is 18.4 Å². The highest BCUT2D eigenvalue weighted by Crippen LogP contribution is 2.19. The minimum Gasteiger partial charge on any atom is -0.480 e. The third kappa shape index (κ3) is 7.17. The number of aromatic nitrogens is 1. The summed E-state index contributed by atoms with van der Waals surface area (Å²) >= 11 is 3.96. The SMILES string of the molecule is N=C(N)NCCC[C@H](N)C(=O)N[C@H](Cc1c[nH]c2ccccc12)C(=O)N[C@@H](CS)C(=O)O. The Hall–Kier alpha value is -3.25. The van der Waals surface area contributed by atoms with Crippen molar-refractivity contribution < 1.29 is 19.5 Å². The number of thiol groups is 1. The molecule has 0 saturated carbocycles. The number of carboxylic acids is 1. The number of rotatable bonds is 12. The van der Waals surface area contributed by atoms with Crippen LogP contribution in [0, 0.1) is 5.41 Å². The Morgan fingerprint density at radius 3 is 2.50 bits per heavy atom. The molecule has 0 bridgehead atoms. The summed E-state index contributed by atoms with van der Waals surface area (Å²) in [5.74, 6) is -2.67. The van der Waals surface area contributed by atoms with Gasteiger partial charge in [0.15, 0.2) is 5.96 Å². The van der Waals surface area contributed by atoms with Crippen LogP contribution in [0.5, 0.6) is 0 Å². The van der Waals surface area contributed by atoms with Crippen LogP contribution < -0.4 is 27.4 Å². The van der Waals surface area contributed by atoms with Crippen molar-refractivity contribution in [2.24, 2.45) is 11.5 Å². The number of aromatic amines is 1. The molecule has 0 aliphatic heterocycles. The average Bonchev–Trinajstić information content (AvgIpc) is 3.16. The van der Waals surface area contributed by atoms with Crippen LogP contribution in [0.3, 0.4) is 0 Å². The van der Waals surface area contributed by atoms with E-state index in [1.54, 1.807) is 6.20 Å². The molecular formula is C20H29N7O4S. The molecular weight excluding hydrogens is 434 g/mol. The van der Waals surface area contributed by atoms with Crippen molar-refractivity contribution in [2.45, 2.75) is 37.4 Å². The molecule has 0 unspecified atom stereocenters. The zero-order valence-electron chi connectivity index (χ0n) is 17.4. The molecule has 0 saturated heterocycles. The van der Waals surface area contributed by atoms with Crippen LogP contribution in [0.2, 0.25) is 0 Å². The summed E-state index contributed by atoms with van der Waals surface area (Å²) in [4.78, 5) is 39.9. The second-order valence-electron chi connectivity index (χ2n) is 7.30. The van der Waals surface area contributed by atoms with E-state index in [0.717, 1.165) is 16.5 Å². The van der Waals surface area contributed by atoms with Crippen molar-refractivity contribution >= 4 is 47.3 Å². The Labute approximate surface area is 190 Å². The monoisotopic (exact) mass is 463 g/mol. The summed E-state index contributed by atoms with van der Waals surface area (Å²) in [7, 11) is 0.